The molecule has 2 rings (SSSR count). The van der Waals surface area contributed by atoms with Crippen LogP contribution in [0.5, 0.6) is 0 Å². The Hall–Kier alpha value is -2.39. The van der Waals surface area contributed by atoms with Gasteiger partial charge in [0.1, 0.15) is 0 Å². The summed E-state index contributed by atoms with van der Waals surface area (Å²) in [6.45, 7) is 5.65. The van der Waals surface area contributed by atoms with Crippen molar-refractivity contribution in [1.82, 2.24) is 14.9 Å². The molecule has 1 aromatic carbocycles. The Morgan fingerprint density at radius 1 is 1.37 bits per heavy atom. The quantitative estimate of drug-likeness (QED) is 0.413. The van der Waals surface area contributed by atoms with Gasteiger partial charge in [0.25, 0.3) is 5.56 Å². The smallest absolute Gasteiger partial charge is 0.337 e. The van der Waals surface area contributed by atoms with Crippen LogP contribution in [-0.4, -0.2) is 51.5 Å². The minimum atomic E-state index is -0.768. The predicted molar refractivity (Wildman–Crippen MR) is 103 cm³/mol. The van der Waals surface area contributed by atoms with Crippen LogP contribution in [0.3, 0.4) is 0 Å². The lowest BCUT2D eigenvalue weighted by atomic mass is 10.1. The SMILES string of the molecule is CCNC(=O)[C@@H](C)Sc1nc2cc(C(=O)OC)ccc2c(=O)n1C[C@H](C)O. The molecule has 0 saturated carbocycles. The van der Waals surface area contributed by atoms with Crippen molar-refractivity contribution in [3.63, 3.8) is 0 Å². The summed E-state index contributed by atoms with van der Waals surface area (Å²) in [4.78, 5) is 41.2. The number of fused-ring (bicyclic) bond motifs is 1. The fraction of sp³-hybridized carbons (Fsp3) is 0.444. The summed E-state index contributed by atoms with van der Waals surface area (Å²) in [5.74, 6) is -0.708. The number of nitrogens with zero attached hydrogens (tertiary/aromatic N) is 2. The number of carbonyl (C=O) groups excluding carboxylic acids is 2. The number of methoxy groups -OCH3 is 1. The molecule has 0 fully saturated rings. The third-order valence-electron chi connectivity index (χ3n) is 3.79. The molecule has 1 amide bonds. The molecule has 0 bridgehead atoms. The van der Waals surface area contributed by atoms with Crippen LogP contribution in [0.2, 0.25) is 0 Å². The summed E-state index contributed by atoms with van der Waals surface area (Å²) in [5, 5.41) is 12.6. The van der Waals surface area contributed by atoms with E-state index in [4.69, 9.17) is 4.74 Å². The van der Waals surface area contributed by atoms with Crippen molar-refractivity contribution < 1.29 is 19.4 Å². The van der Waals surface area contributed by atoms with Gasteiger partial charge in [-0.1, -0.05) is 11.8 Å². The van der Waals surface area contributed by atoms with Gasteiger partial charge >= 0.3 is 5.97 Å². The first-order valence-corrected chi connectivity index (χ1v) is 9.41. The van der Waals surface area contributed by atoms with E-state index in [1.54, 1.807) is 13.8 Å². The van der Waals surface area contributed by atoms with Gasteiger partial charge in [0.2, 0.25) is 5.91 Å². The van der Waals surface area contributed by atoms with Crippen LogP contribution in [0.15, 0.2) is 28.2 Å². The second-order valence-corrected chi connectivity index (χ2v) is 7.35. The minimum absolute atomic E-state index is 0.0466. The van der Waals surface area contributed by atoms with Gasteiger partial charge in [0.15, 0.2) is 5.16 Å². The molecule has 0 aliphatic heterocycles. The van der Waals surface area contributed by atoms with Crippen LogP contribution in [0.4, 0.5) is 0 Å². The summed E-state index contributed by atoms with van der Waals surface area (Å²) in [6, 6.07) is 4.49. The first kappa shape index (κ1) is 20.9. The van der Waals surface area contributed by atoms with E-state index in [1.165, 1.54) is 29.9 Å². The highest BCUT2D eigenvalue weighted by atomic mass is 32.2. The standard InChI is InChI=1S/C18H23N3O5S/c1-5-19-15(23)11(3)27-18-20-14-8-12(17(25)26-4)6-7-13(14)16(24)21(18)9-10(2)22/h6-8,10-11,22H,5,9H2,1-4H3,(H,19,23)/t10-,11+/m0/s1. The van der Waals surface area contributed by atoms with Gasteiger partial charge in [-0.15, -0.1) is 0 Å². The van der Waals surface area contributed by atoms with Crippen molar-refractivity contribution >= 4 is 34.5 Å². The molecule has 146 valence electrons. The van der Waals surface area contributed by atoms with Crippen molar-refractivity contribution in [3.05, 3.63) is 34.1 Å². The molecule has 2 N–H and O–H groups in total. The predicted octanol–water partition coefficient (Wildman–Crippen LogP) is 1.18. The minimum Gasteiger partial charge on any atom is -0.465 e. The second kappa shape index (κ2) is 9.01. The molecule has 1 aromatic heterocycles. The molecule has 2 atom stereocenters. The molecule has 2 aromatic rings. The van der Waals surface area contributed by atoms with E-state index in [9.17, 15) is 19.5 Å². The molecule has 0 unspecified atom stereocenters. The molecular formula is C18H23N3O5S. The maximum atomic E-state index is 12.9. The number of rotatable bonds is 7. The Morgan fingerprint density at radius 2 is 2.07 bits per heavy atom. The van der Waals surface area contributed by atoms with E-state index < -0.39 is 17.3 Å². The Morgan fingerprint density at radius 3 is 2.67 bits per heavy atom. The summed E-state index contributed by atoms with van der Waals surface area (Å²) in [6.07, 6.45) is -0.768. The largest absolute Gasteiger partial charge is 0.465 e. The average molecular weight is 393 g/mol. The highest BCUT2D eigenvalue weighted by molar-refractivity contribution is 8.00. The maximum absolute atomic E-state index is 12.9. The van der Waals surface area contributed by atoms with Crippen molar-refractivity contribution in [2.24, 2.45) is 0 Å². The lowest BCUT2D eigenvalue weighted by molar-refractivity contribution is -0.120. The van der Waals surface area contributed by atoms with Crippen molar-refractivity contribution in [2.45, 2.75) is 43.8 Å². The average Bonchev–Trinajstić information content (AvgIpc) is 2.63. The lowest BCUT2D eigenvalue weighted by Gasteiger charge is -2.17. The summed E-state index contributed by atoms with van der Waals surface area (Å²) >= 11 is 1.12. The number of aromatic nitrogens is 2. The molecule has 1 heterocycles. The summed E-state index contributed by atoms with van der Waals surface area (Å²) in [7, 11) is 1.27. The highest BCUT2D eigenvalue weighted by Crippen LogP contribution is 2.23. The zero-order valence-corrected chi connectivity index (χ0v) is 16.5. The first-order valence-electron chi connectivity index (χ1n) is 8.53. The van der Waals surface area contributed by atoms with Crippen molar-refractivity contribution in [3.8, 4) is 0 Å². The number of benzene rings is 1. The number of carbonyl (C=O) groups is 2. The van der Waals surface area contributed by atoms with Crippen LogP contribution < -0.4 is 10.9 Å². The van der Waals surface area contributed by atoms with Gasteiger partial charge in [0, 0.05) is 6.54 Å². The van der Waals surface area contributed by atoms with E-state index >= 15 is 0 Å². The number of aliphatic hydroxyl groups is 1. The van der Waals surface area contributed by atoms with Gasteiger partial charge in [-0.25, -0.2) is 9.78 Å². The third kappa shape index (κ3) is 4.86. The Balaban J connectivity index is 2.58. The van der Waals surface area contributed by atoms with E-state index in [2.05, 4.69) is 10.3 Å². The molecule has 0 radical (unpaired) electrons. The number of amides is 1. The van der Waals surface area contributed by atoms with E-state index in [0.717, 1.165) is 11.8 Å². The number of ether oxygens (including phenoxy) is 1. The molecule has 0 saturated heterocycles. The van der Waals surface area contributed by atoms with Crippen LogP contribution in [-0.2, 0) is 16.1 Å². The fourth-order valence-corrected chi connectivity index (χ4v) is 3.43. The van der Waals surface area contributed by atoms with E-state index in [1.807, 2.05) is 6.92 Å². The topological polar surface area (TPSA) is 111 Å². The summed E-state index contributed by atoms with van der Waals surface area (Å²) in [5.41, 5.74) is 0.260. The van der Waals surface area contributed by atoms with E-state index in [0.29, 0.717) is 22.6 Å². The molecule has 0 aliphatic carbocycles. The van der Waals surface area contributed by atoms with Gasteiger partial charge < -0.3 is 15.2 Å². The summed E-state index contributed by atoms with van der Waals surface area (Å²) < 4.78 is 6.06. The number of hydrogen-bond donors (Lipinski definition) is 2. The Kier molecular flexibility index (Phi) is 6.98. The van der Waals surface area contributed by atoms with Crippen LogP contribution in [0.1, 0.15) is 31.1 Å². The number of hydrogen-bond acceptors (Lipinski definition) is 7. The molecule has 27 heavy (non-hydrogen) atoms. The van der Waals surface area contributed by atoms with Gasteiger partial charge in [0.05, 0.1) is 41.5 Å². The molecule has 9 heteroatoms. The molecule has 8 nitrogen and oxygen atoms in total. The van der Waals surface area contributed by atoms with Gasteiger partial charge in [-0.3, -0.25) is 14.2 Å². The second-order valence-electron chi connectivity index (χ2n) is 6.04. The normalized spacial score (nSPS) is 13.2. The van der Waals surface area contributed by atoms with Crippen LogP contribution >= 0.6 is 11.8 Å². The van der Waals surface area contributed by atoms with Crippen molar-refractivity contribution in [1.29, 1.82) is 0 Å². The fourth-order valence-electron chi connectivity index (χ4n) is 2.49. The zero-order valence-electron chi connectivity index (χ0n) is 15.7. The number of nitrogens with one attached hydrogen (secondary N) is 1. The molecule has 0 spiro atoms. The molecular weight excluding hydrogens is 370 g/mol. The first-order chi connectivity index (χ1) is 12.8. The number of esters is 1. The zero-order chi connectivity index (χ0) is 20.1. The van der Waals surface area contributed by atoms with Crippen LogP contribution in [0.25, 0.3) is 10.9 Å². The lowest BCUT2D eigenvalue weighted by Crippen LogP contribution is -2.32. The Labute approximate surface area is 160 Å². The number of thioether (sulfide) groups is 1. The van der Waals surface area contributed by atoms with Crippen molar-refractivity contribution in [2.75, 3.05) is 13.7 Å². The highest BCUT2D eigenvalue weighted by Gasteiger charge is 2.20. The van der Waals surface area contributed by atoms with E-state index in [-0.39, 0.29) is 23.6 Å². The third-order valence-corrected chi connectivity index (χ3v) is 4.88. The van der Waals surface area contributed by atoms with Crippen LogP contribution in [0, 0.1) is 0 Å². The van der Waals surface area contributed by atoms with Gasteiger partial charge in [-0.2, -0.15) is 0 Å². The maximum Gasteiger partial charge on any atom is 0.337 e. The monoisotopic (exact) mass is 393 g/mol. The Bertz CT molecular complexity index is 910. The van der Waals surface area contributed by atoms with Gasteiger partial charge in [-0.05, 0) is 39.0 Å². The number of aliphatic hydroxyl groups excluding tert-OH is 1. The molecule has 0 aliphatic rings.